The Morgan fingerprint density at radius 3 is 2.66 bits per heavy atom. The van der Waals surface area contributed by atoms with Crippen molar-refractivity contribution in [3.05, 3.63) is 24.3 Å². The van der Waals surface area contributed by atoms with Gasteiger partial charge in [0, 0.05) is 31.4 Å². The summed E-state index contributed by atoms with van der Waals surface area (Å²) in [6.07, 6.45) is 5.81. The van der Waals surface area contributed by atoms with Gasteiger partial charge < -0.3 is 25.4 Å². The number of hydrogen-bond donors (Lipinski definition) is 3. The van der Waals surface area contributed by atoms with Gasteiger partial charge in [0.25, 0.3) is 0 Å². The molecule has 3 N–H and O–H groups in total. The SMILES string of the molecule is CCNC(=NCC1(O)CCCC1)NC1CCCN(c2ccc(OC(F)F)cc2)C1. The number of anilines is 1. The van der Waals surface area contributed by atoms with E-state index in [4.69, 9.17) is 0 Å². The number of nitrogens with one attached hydrogen (secondary N) is 2. The standard InChI is InChI=1S/C21H32F2N4O2/c1-2-24-20(25-15-21(28)11-3-4-12-21)26-16-6-5-13-27(14-16)17-7-9-18(10-8-17)29-19(22)23/h7-10,16,19,28H,2-6,11-15H2,1H3,(H2,24,25,26). The highest BCUT2D eigenvalue weighted by molar-refractivity contribution is 5.80. The summed E-state index contributed by atoms with van der Waals surface area (Å²) in [5.74, 6) is 0.905. The number of benzene rings is 1. The molecule has 1 aliphatic heterocycles. The van der Waals surface area contributed by atoms with Gasteiger partial charge in [-0.1, -0.05) is 12.8 Å². The van der Waals surface area contributed by atoms with Crippen molar-refractivity contribution < 1.29 is 18.6 Å². The molecule has 6 nitrogen and oxygen atoms in total. The number of halogens is 2. The molecule has 0 spiro atoms. The summed E-state index contributed by atoms with van der Waals surface area (Å²) in [5, 5.41) is 17.3. The van der Waals surface area contributed by atoms with E-state index in [9.17, 15) is 13.9 Å². The van der Waals surface area contributed by atoms with Gasteiger partial charge in [0.1, 0.15) is 5.75 Å². The highest BCUT2D eigenvalue weighted by Gasteiger charge is 2.31. The fourth-order valence-corrected chi connectivity index (χ4v) is 4.10. The Morgan fingerprint density at radius 2 is 2.00 bits per heavy atom. The van der Waals surface area contributed by atoms with Crippen LogP contribution < -0.4 is 20.3 Å². The second kappa shape index (κ2) is 10.1. The average molecular weight is 411 g/mol. The maximum absolute atomic E-state index is 12.3. The first kappa shape index (κ1) is 21.6. The Kier molecular flexibility index (Phi) is 7.52. The molecule has 1 unspecified atom stereocenters. The minimum atomic E-state index is -2.81. The van der Waals surface area contributed by atoms with Crippen molar-refractivity contribution >= 4 is 11.6 Å². The number of aliphatic imine (C=N–C) groups is 1. The molecule has 0 amide bonds. The van der Waals surface area contributed by atoms with Crippen LogP contribution in [0.1, 0.15) is 45.4 Å². The van der Waals surface area contributed by atoms with E-state index in [0.717, 1.165) is 69.8 Å². The maximum atomic E-state index is 12.3. The van der Waals surface area contributed by atoms with E-state index in [0.29, 0.717) is 6.54 Å². The van der Waals surface area contributed by atoms with Crippen LogP contribution in [0.5, 0.6) is 5.75 Å². The van der Waals surface area contributed by atoms with E-state index in [1.54, 1.807) is 12.1 Å². The van der Waals surface area contributed by atoms with E-state index in [2.05, 4.69) is 25.3 Å². The van der Waals surface area contributed by atoms with Crippen LogP contribution in [0.4, 0.5) is 14.5 Å². The molecule has 162 valence electrons. The van der Waals surface area contributed by atoms with Crippen LogP contribution in [-0.2, 0) is 0 Å². The van der Waals surface area contributed by atoms with E-state index in [1.807, 2.05) is 19.1 Å². The first-order valence-corrected chi connectivity index (χ1v) is 10.5. The van der Waals surface area contributed by atoms with E-state index in [1.165, 1.54) is 0 Å². The summed E-state index contributed by atoms with van der Waals surface area (Å²) in [6.45, 7) is 2.11. The lowest BCUT2D eigenvalue weighted by molar-refractivity contribution is -0.0498. The zero-order valence-electron chi connectivity index (χ0n) is 17.0. The lowest BCUT2D eigenvalue weighted by Gasteiger charge is -2.35. The molecule has 1 heterocycles. The van der Waals surface area contributed by atoms with Gasteiger partial charge in [-0.25, -0.2) is 0 Å². The molecule has 1 aliphatic carbocycles. The Hall–Kier alpha value is -2.09. The number of piperidine rings is 1. The number of hydrogen-bond acceptors (Lipinski definition) is 4. The first-order chi connectivity index (χ1) is 14.0. The highest BCUT2D eigenvalue weighted by atomic mass is 19.3. The zero-order valence-corrected chi connectivity index (χ0v) is 17.0. The van der Waals surface area contributed by atoms with Crippen LogP contribution in [0.15, 0.2) is 29.3 Å². The van der Waals surface area contributed by atoms with Gasteiger partial charge in [0.05, 0.1) is 12.1 Å². The summed E-state index contributed by atoms with van der Waals surface area (Å²) < 4.78 is 29.1. The number of ether oxygens (including phenoxy) is 1. The molecule has 8 heteroatoms. The minimum Gasteiger partial charge on any atom is -0.435 e. The maximum Gasteiger partial charge on any atom is 0.387 e. The monoisotopic (exact) mass is 410 g/mol. The van der Waals surface area contributed by atoms with E-state index >= 15 is 0 Å². The van der Waals surface area contributed by atoms with Gasteiger partial charge in [-0.15, -0.1) is 0 Å². The molecule has 2 fully saturated rings. The molecule has 2 aliphatic rings. The van der Waals surface area contributed by atoms with E-state index in [-0.39, 0.29) is 11.8 Å². The van der Waals surface area contributed by atoms with Crippen molar-refractivity contribution in [3.8, 4) is 5.75 Å². The van der Waals surface area contributed by atoms with Crippen LogP contribution in [0.3, 0.4) is 0 Å². The second-order valence-electron chi connectivity index (χ2n) is 7.93. The lowest BCUT2D eigenvalue weighted by Crippen LogP contribution is -2.51. The minimum absolute atomic E-state index is 0.168. The fraction of sp³-hybridized carbons (Fsp3) is 0.667. The molecular weight excluding hydrogens is 378 g/mol. The van der Waals surface area contributed by atoms with Gasteiger partial charge in [-0.3, -0.25) is 4.99 Å². The van der Waals surface area contributed by atoms with Gasteiger partial charge in [-0.2, -0.15) is 8.78 Å². The molecule has 3 rings (SSSR count). The third kappa shape index (κ3) is 6.45. The number of aliphatic hydroxyl groups is 1. The molecule has 1 saturated heterocycles. The largest absolute Gasteiger partial charge is 0.435 e. The van der Waals surface area contributed by atoms with Gasteiger partial charge in [-0.05, 0) is 56.9 Å². The Bertz CT molecular complexity index is 663. The normalized spacial score (nSPS) is 22.0. The van der Waals surface area contributed by atoms with Crippen molar-refractivity contribution in [1.82, 2.24) is 10.6 Å². The quantitative estimate of drug-likeness (QED) is 0.476. The van der Waals surface area contributed by atoms with Crippen molar-refractivity contribution in [2.75, 3.05) is 31.1 Å². The predicted molar refractivity (Wildman–Crippen MR) is 111 cm³/mol. The van der Waals surface area contributed by atoms with Crippen molar-refractivity contribution in [3.63, 3.8) is 0 Å². The third-order valence-electron chi connectivity index (χ3n) is 5.60. The fourth-order valence-electron chi connectivity index (χ4n) is 4.10. The molecular formula is C21H32F2N4O2. The lowest BCUT2D eigenvalue weighted by atomic mass is 10.0. The summed E-state index contributed by atoms with van der Waals surface area (Å²) in [4.78, 5) is 6.87. The third-order valence-corrected chi connectivity index (χ3v) is 5.60. The van der Waals surface area contributed by atoms with Crippen LogP contribution in [0.25, 0.3) is 0 Å². The zero-order chi connectivity index (χ0) is 20.7. The van der Waals surface area contributed by atoms with Gasteiger partial charge in [0.2, 0.25) is 0 Å². The summed E-state index contributed by atoms with van der Waals surface area (Å²) >= 11 is 0. The number of nitrogens with zero attached hydrogens (tertiary/aromatic N) is 2. The van der Waals surface area contributed by atoms with Crippen LogP contribution in [0, 0.1) is 0 Å². The van der Waals surface area contributed by atoms with Crippen molar-refractivity contribution in [2.45, 2.75) is 63.7 Å². The Balaban J connectivity index is 1.58. The predicted octanol–water partition coefficient (Wildman–Crippen LogP) is 3.12. The molecule has 1 atom stereocenters. The highest BCUT2D eigenvalue weighted by Crippen LogP contribution is 2.29. The number of alkyl halides is 2. The van der Waals surface area contributed by atoms with E-state index < -0.39 is 12.2 Å². The number of rotatable bonds is 7. The van der Waals surface area contributed by atoms with Gasteiger partial charge in [0.15, 0.2) is 5.96 Å². The van der Waals surface area contributed by atoms with Crippen molar-refractivity contribution in [2.24, 2.45) is 4.99 Å². The summed E-state index contributed by atoms with van der Waals surface area (Å²) in [6, 6.07) is 7.00. The van der Waals surface area contributed by atoms with Crippen LogP contribution >= 0.6 is 0 Å². The topological polar surface area (TPSA) is 69.1 Å². The van der Waals surface area contributed by atoms with Gasteiger partial charge >= 0.3 is 6.61 Å². The molecule has 1 aromatic carbocycles. The van der Waals surface area contributed by atoms with Crippen LogP contribution in [-0.4, -0.2) is 55.5 Å². The smallest absolute Gasteiger partial charge is 0.387 e. The Labute approximate surface area is 171 Å². The number of guanidine groups is 1. The summed E-state index contributed by atoms with van der Waals surface area (Å²) in [7, 11) is 0. The Morgan fingerprint density at radius 1 is 1.28 bits per heavy atom. The van der Waals surface area contributed by atoms with Crippen molar-refractivity contribution in [1.29, 1.82) is 0 Å². The molecule has 0 bridgehead atoms. The molecule has 1 saturated carbocycles. The molecule has 0 aromatic heterocycles. The molecule has 1 aromatic rings. The van der Waals surface area contributed by atoms with Crippen LogP contribution in [0.2, 0.25) is 0 Å². The average Bonchev–Trinajstić information content (AvgIpc) is 3.14. The first-order valence-electron chi connectivity index (χ1n) is 10.5. The molecule has 0 radical (unpaired) electrons. The second-order valence-corrected chi connectivity index (χ2v) is 7.93. The molecule has 29 heavy (non-hydrogen) atoms. The summed E-state index contributed by atoms with van der Waals surface area (Å²) in [5.41, 5.74) is 0.323.